The molecule has 8 heteroatoms. The molecule has 0 saturated heterocycles. The monoisotopic (exact) mass is 914 g/mol. The standard InChI is InChI=1S/C64H34N8/c65-35-40-5-1-9-46(25-40)50-13-17-54-55-18-14-51(47-10-2-6-41(26-47)36-66)32-59(55)71(58(54)31-50)62-29-44(39-69)30-63(64(62)45-21-23-70-24-22-45)72-60-33-52(48-11-3-7-42(27-48)37-67)15-19-56(60)57-20-16-53(34-61(57)72)49-12-4-8-43(28-49)38-68/h1-34H. The first-order valence-electron chi connectivity index (χ1n) is 23.1. The molecule has 0 fully saturated rings. The average Bonchev–Trinajstić information content (AvgIpc) is 3.96. The third-order valence-corrected chi connectivity index (χ3v) is 13.5. The second-order valence-corrected chi connectivity index (χ2v) is 17.6. The molecule has 72 heavy (non-hydrogen) atoms. The maximum atomic E-state index is 11.2. The molecule has 0 saturated carbocycles. The van der Waals surface area contributed by atoms with E-state index in [9.17, 15) is 26.3 Å². The third-order valence-electron chi connectivity index (χ3n) is 13.5. The summed E-state index contributed by atoms with van der Waals surface area (Å²) in [5, 5.41) is 54.7. The van der Waals surface area contributed by atoms with Gasteiger partial charge >= 0.3 is 0 Å². The van der Waals surface area contributed by atoms with E-state index in [1.807, 2.05) is 97.1 Å². The zero-order chi connectivity index (χ0) is 48.9. The SMILES string of the molecule is N#Cc1cccc(-c2ccc3c4ccc(-c5cccc(C#N)c5)cc4n(-c4cc(C#N)cc(-n5c6cc(-c7cccc(C#N)c7)ccc6c6ccc(-c7cccc(C#N)c7)cc65)c4-c4ccncc4)c3c2)c1. The molecule has 0 aliphatic heterocycles. The van der Waals surface area contributed by atoms with Crippen LogP contribution in [0.5, 0.6) is 0 Å². The van der Waals surface area contributed by atoms with Crippen molar-refractivity contribution in [2.24, 2.45) is 0 Å². The van der Waals surface area contributed by atoms with E-state index in [0.29, 0.717) is 27.8 Å². The molecule has 0 amide bonds. The van der Waals surface area contributed by atoms with Crippen LogP contribution in [0.3, 0.4) is 0 Å². The summed E-state index contributed by atoms with van der Waals surface area (Å²) < 4.78 is 4.48. The molecule has 0 bridgehead atoms. The summed E-state index contributed by atoms with van der Waals surface area (Å²) in [7, 11) is 0. The number of pyridine rings is 1. The summed E-state index contributed by atoms with van der Waals surface area (Å²) in [6, 6.07) is 75.4. The molecular formula is C64H34N8. The molecule has 3 heterocycles. The smallest absolute Gasteiger partial charge is 0.0993 e. The number of aromatic nitrogens is 3. The summed E-state index contributed by atoms with van der Waals surface area (Å²) in [6.07, 6.45) is 3.56. The topological polar surface area (TPSA) is 142 Å². The average molecular weight is 915 g/mol. The van der Waals surface area contributed by atoms with Crippen molar-refractivity contribution in [3.8, 4) is 97.4 Å². The normalized spacial score (nSPS) is 11.0. The Morgan fingerprint density at radius 1 is 0.278 bits per heavy atom. The van der Waals surface area contributed by atoms with Crippen LogP contribution in [-0.2, 0) is 0 Å². The molecule has 0 aliphatic rings. The largest absolute Gasteiger partial charge is 0.308 e. The van der Waals surface area contributed by atoms with Gasteiger partial charge in [-0.25, -0.2) is 0 Å². The highest BCUT2D eigenvalue weighted by Crippen LogP contribution is 2.45. The Morgan fingerprint density at radius 3 is 0.861 bits per heavy atom. The van der Waals surface area contributed by atoms with Crippen molar-refractivity contribution in [3.05, 3.63) is 234 Å². The van der Waals surface area contributed by atoms with Crippen molar-refractivity contribution in [3.63, 3.8) is 0 Å². The first kappa shape index (κ1) is 42.5. The van der Waals surface area contributed by atoms with Gasteiger partial charge in [0.05, 0.1) is 91.6 Å². The fourth-order valence-corrected chi connectivity index (χ4v) is 10.2. The minimum Gasteiger partial charge on any atom is -0.308 e. The zero-order valence-corrected chi connectivity index (χ0v) is 38.2. The van der Waals surface area contributed by atoms with Crippen LogP contribution < -0.4 is 0 Å². The molecule has 12 rings (SSSR count). The van der Waals surface area contributed by atoms with Gasteiger partial charge in [0.15, 0.2) is 0 Å². The predicted molar refractivity (Wildman–Crippen MR) is 284 cm³/mol. The van der Waals surface area contributed by atoms with Crippen molar-refractivity contribution in [1.29, 1.82) is 26.3 Å². The second-order valence-electron chi connectivity index (χ2n) is 17.6. The Balaban J connectivity index is 1.24. The third kappa shape index (κ3) is 7.17. The van der Waals surface area contributed by atoms with E-state index in [1.54, 1.807) is 36.7 Å². The van der Waals surface area contributed by atoms with E-state index in [-0.39, 0.29) is 0 Å². The van der Waals surface area contributed by atoms with Gasteiger partial charge in [-0.15, -0.1) is 0 Å². The predicted octanol–water partition coefficient (Wildman–Crippen LogP) is 15.0. The minimum atomic E-state index is 0.425. The van der Waals surface area contributed by atoms with Gasteiger partial charge in [0.2, 0.25) is 0 Å². The highest BCUT2D eigenvalue weighted by Gasteiger charge is 2.25. The number of hydrogen-bond acceptors (Lipinski definition) is 6. The number of benzene rings is 9. The highest BCUT2D eigenvalue weighted by atomic mass is 15.0. The van der Waals surface area contributed by atoms with Gasteiger partial charge in [-0.1, -0.05) is 97.1 Å². The summed E-state index contributed by atoms with van der Waals surface area (Å²) >= 11 is 0. The molecular weight excluding hydrogens is 881 g/mol. The molecule has 12 aromatic rings. The lowest BCUT2D eigenvalue weighted by Gasteiger charge is -2.21. The second kappa shape index (κ2) is 17.4. The molecule has 0 radical (unpaired) electrons. The quantitative estimate of drug-likeness (QED) is 0.156. The van der Waals surface area contributed by atoms with Crippen LogP contribution in [0.1, 0.15) is 27.8 Å². The van der Waals surface area contributed by atoms with E-state index >= 15 is 0 Å². The molecule has 0 unspecified atom stereocenters. The first-order valence-corrected chi connectivity index (χ1v) is 23.1. The molecule has 0 aliphatic carbocycles. The van der Waals surface area contributed by atoms with Gasteiger partial charge in [-0.2, -0.15) is 26.3 Å². The van der Waals surface area contributed by atoms with E-state index in [1.165, 1.54) is 0 Å². The molecule has 9 aromatic carbocycles. The number of nitriles is 5. The number of rotatable bonds is 7. The number of fused-ring (bicyclic) bond motifs is 6. The molecule has 3 aromatic heterocycles. The first-order chi connectivity index (χ1) is 35.4. The number of nitrogens with zero attached hydrogens (tertiary/aromatic N) is 8. The van der Waals surface area contributed by atoms with E-state index in [0.717, 1.165) is 111 Å². The van der Waals surface area contributed by atoms with Crippen LogP contribution in [0.2, 0.25) is 0 Å². The number of hydrogen-bond donors (Lipinski definition) is 0. The van der Waals surface area contributed by atoms with Crippen LogP contribution >= 0.6 is 0 Å². The van der Waals surface area contributed by atoms with Gasteiger partial charge in [0, 0.05) is 39.5 Å². The summed E-state index contributed by atoms with van der Waals surface area (Å²) in [4.78, 5) is 4.47. The Hall–Kier alpha value is -10.8. The van der Waals surface area contributed by atoms with Gasteiger partial charge < -0.3 is 9.13 Å². The van der Waals surface area contributed by atoms with Crippen molar-refractivity contribution >= 4 is 43.6 Å². The maximum absolute atomic E-state index is 11.2. The van der Waals surface area contributed by atoms with Gasteiger partial charge in [-0.05, 0) is 147 Å². The molecule has 0 atom stereocenters. The Labute approximate surface area is 413 Å². The Kier molecular flexibility index (Phi) is 10.3. The molecule has 0 N–H and O–H groups in total. The van der Waals surface area contributed by atoms with Crippen LogP contribution in [0, 0.1) is 56.7 Å². The fraction of sp³-hybridized carbons (Fsp3) is 0. The van der Waals surface area contributed by atoms with E-state index in [4.69, 9.17) is 0 Å². The van der Waals surface area contributed by atoms with Crippen molar-refractivity contribution in [2.75, 3.05) is 0 Å². The van der Waals surface area contributed by atoms with Gasteiger partial charge in [0.1, 0.15) is 0 Å². The van der Waals surface area contributed by atoms with Crippen LogP contribution in [0.15, 0.2) is 207 Å². The lowest BCUT2D eigenvalue weighted by molar-refractivity contribution is 1.13. The lowest BCUT2D eigenvalue weighted by Crippen LogP contribution is -2.05. The summed E-state index contributed by atoms with van der Waals surface area (Å²) in [6.45, 7) is 0. The molecule has 0 spiro atoms. The van der Waals surface area contributed by atoms with Gasteiger partial charge in [-0.3, -0.25) is 4.98 Å². The van der Waals surface area contributed by atoms with Crippen LogP contribution in [-0.4, -0.2) is 14.1 Å². The Morgan fingerprint density at radius 2 is 0.569 bits per heavy atom. The van der Waals surface area contributed by atoms with Crippen molar-refractivity contribution in [1.82, 2.24) is 14.1 Å². The maximum Gasteiger partial charge on any atom is 0.0993 e. The Bertz CT molecular complexity index is 3970. The van der Waals surface area contributed by atoms with Crippen molar-refractivity contribution < 1.29 is 0 Å². The fourth-order valence-electron chi connectivity index (χ4n) is 10.2. The highest BCUT2D eigenvalue weighted by molar-refractivity contribution is 6.14. The van der Waals surface area contributed by atoms with Crippen LogP contribution in [0.25, 0.3) is 111 Å². The van der Waals surface area contributed by atoms with E-state index in [2.05, 4.69) is 117 Å². The molecule has 8 nitrogen and oxygen atoms in total. The van der Waals surface area contributed by atoms with Crippen LogP contribution in [0.4, 0.5) is 0 Å². The summed E-state index contributed by atoms with van der Waals surface area (Å²) in [5.74, 6) is 0. The van der Waals surface area contributed by atoms with Crippen molar-refractivity contribution in [2.45, 2.75) is 0 Å². The van der Waals surface area contributed by atoms with Gasteiger partial charge in [0.25, 0.3) is 0 Å². The van der Waals surface area contributed by atoms with E-state index < -0.39 is 0 Å². The summed E-state index contributed by atoms with van der Waals surface area (Å²) in [5.41, 5.74) is 16.5. The zero-order valence-electron chi connectivity index (χ0n) is 38.2. The lowest BCUT2D eigenvalue weighted by atomic mass is 9.98. The molecule has 330 valence electrons. The minimum absolute atomic E-state index is 0.425.